The molecule has 1 fully saturated rings. The van der Waals surface area contributed by atoms with E-state index in [1.165, 1.54) is 28.6 Å². The summed E-state index contributed by atoms with van der Waals surface area (Å²) in [6.07, 6.45) is 1.57. The third-order valence-electron chi connectivity index (χ3n) is 5.00. The summed E-state index contributed by atoms with van der Waals surface area (Å²) < 4.78 is 38.4. The van der Waals surface area contributed by atoms with E-state index >= 15 is 0 Å². The molecule has 10 heteroatoms. The molecule has 0 bridgehead atoms. The number of halogens is 2. The number of sulfonamides is 1. The third kappa shape index (κ3) is 4.55. The molecule has 1 aliphatic rings. The minimum Gasteiger partial charge on any atom is -0.457 e. The summed E-state index contributed by atoms with van der Waals surface area (Å²) in [5, 5.41) is 0.671. The van der Waals surface area contributed by atoms with Crippen LogP contribution in [0.25, 0.3) is 11.0 Å². The lowest BCUT2D eigenvalue weighted by Crippen LogP contribution is -2.28. The lowest BCUT2D eigenvalue weighted by molar-refractivity contribution is 0.0473. The molecule has 0 saturated carbocycles. The molecule has 0 radical (unpaired) electrons. The average Bonchev–Trinajstić information content (AvgIpc) is 3.27. The van der Waals surface area contributed by atoms with E-state index in [4.69, 9.17) is 20.8 Å². The fraction of sp³-hybridized carbons (Fsp3) is 0.238. The molecule has 3 aromatic rings. The van der Waals surface area contributed by atoms with E-state index in [-0.39, 0.29) is 22.1 Å². The molecule has 0 N–H and O–H groups in total. The van der Waals surface area contributed by atoms with Crippen LogP contribution >= 0.6 is 27.5 Å². The molecule has 4 rings (SSSR count). The van der Waals surface area contributed by atoms with Gasteiger partial charge in [-0.2, -0.15) is 4.31 Å². The Morgan fingerprint density at radius 3 is 2.61 bits per heavy atom. The maximum Gasteiger partial charge on any atom is 0.338 e. The molecule has 2 heterocycles. The van der Waals surface area contributed by atoms with Crippen molar-refractivity contribution in [1.29, 1.82) is 0 Å². The second-order valence-electron chi connectivity index (χ2n) is 7.06. The van der Waals surface area contributed by atoms with Crippen LogP contribution in [0, 0.1) is 0 Å². The van der Waals surface area contributed by atoms with Gasteiger partial charge in [-0.3, -0.25) is 0 Å². The fourth-order valence-corrected chi connectivity index (χ4v) is 5.80. The fourth-order valence-electron chi connectivity index (χ4n) is 3.45. The van der Waals surface area contributed by atoms with Crippen molar-refractivity contribution >= 4 is 54.5 Å². The van der Waals surface area contributed by atoms with Crippen LogP contribution in [0.1, 0.15) is 28.8 Å². The number of ether oxygens (including phenoxy) is 1. The van der Waals surface area contributed by atoms with E-state index in [9.17, 15) is 18.0 Å². The first-order chi connectivity index (χ1) is 14.8. The number of carbonyl (C=O) groups is 1. The predicted octanol–water partition coefficient (Wildman–Crippen LogP) is 4.35. The molecule has 1 aromatic heterocycles. The Kier molecular flexibility index (Phi) is 6.20. The average molecular weight is 527 g/mol. The first-order valence-corrected chi connectivity index (χ1v) is 12.1. The largest absolute Gasteiger partial charge is 0.457 e. The van der Waals surface area contributed by atoms with E-state index in [1.54, 1.807) is 18.2 Å². The van der Waals surface area contributed by atoms with Gasteiger partial charge >= 0.3 is 11.6 Å². The molecule has 162 valence electrons. The summed E-state index contributed by atoms with van der Waals surface area (Å²) in [7, 11) is -3.80. The van der Waals surface area contributed by atoms with Crippen LogP contribution in [0.3, 0.4) is 0 Å². The summed E-state index contributed by atoms with van der Waals surface area (Å²) >= 11 is 9.44. The number of carbonyl (C=O) groups excluding carboxylic acids is 1. The van der Waals surface area contributed by atoms with E-state index in [0.717, 1.165) is 17.3 Å². The smallest absolute Gasteiger partial charge is 0.338 e. The number of hydrogen-bond donors (Lipinski definition) is 0. The standard InChI is InChI=1S/C21H17BrClNO6S/c22-15-4-5-16-14(10-20(25)30-18(16)11-15)12-29-21(26)13-3-6-17(23)19(9-13)31(27,28)24-7-1-2-8-24/h3-6,9-11H,1-2,7-8,12H2. The Bertz CT molecular complexity index is 1330. The maximum atomic E-state index is 12.9. The van der Waals surface area contributed by atoms with Gasteiger partial charge in [0.2, 0.25) is 10.0 Å². The topological polar surface area (TPSA) is 93.9 Å². The zero-order valence-corrected chi connectivity index (χ0v) is 19.3. The van der Waals surface area contributed by atoms with E-state index in [0.29, 0.717) is 29.6 Å². The number of nitrogens with zero attached hydrogens (tertiary/aromatic N) is 1. The molecule has 0 amide bonds. The predicted molar refractivity (Wildman–Crippen MR) is 119 cm³/mol. The highest BCUT2D eigenvalue weighted by molar-refractivity contribution is 9.10. The highest BCUT2D eigenvalue weighted by atomic mass is 79.9. The van der Waals surface area contributed by atoms with Crippen molar-refractivity contribution in [3.63, 3.8) is 0 Å². The molecule has 1 saturated heterocycles. The highest BCUT2D eigenvalue weighted by Gasteiger charge is 2.30. The highest BCUT2D eigenvalue weighted by Crippen LogP contribution is 2.29. The molecule has 2 aromatic carbocycles. The van der Waals surface area contributed by atoms with Crippen molar-refractivity contribution in [3.05, 3.63) is 73.5 Å². The van der Waals surface area contributed by atoms with Gasteiger partial charge in [-0.25, -0.2) is 18.0 Å². The van der Waals surface area contributed by atoms with Gasteiger partial charge < -0.3 is 9.15 Å². The first-order valence-electron chi connectivity index (χ1n) is 9.45. The molecule has 31 heavy (non-hydrogen) atoms. The molecule has 0 spiro atoms. The van der Waals surface area contributed by atoms with E-state index < -0.39 is 21.6 Å². The second-order valence-corrected chi connectivity index (χ2v) is 10.3. The molecule has 0 atom stereocenters. The van der Waals surface area contributed by atoms with Crippen LogP contribution in [0.2, 0.25) is 5.02 Å². The van der Waals surface area contributed by atoms with Gasteiger partial charge in [0, 0.05) is 34.6 Å². The van der Waals surface area contributed by atoms with Gasteiger partial charge in [-0.05, 0) is 49.2 Å². The van der Waals surface area contributed by atoms with Crippen molar-refractivity contribution in [2.45, 2.75) is 24.3 Å². The van der Waals surface area contributed by atoms with Crippen LogP contribution < -0.4 is 5.63 Å². The number of esters is 1. The molecular weight excluding hydrogens is 510 g/mol. The Balaban J connectivity index is 1.59. The number of benzene rings is 2. The van der Waals surface area contributed by atoms with Crippen LogP contribution in [0.15, 0.2) is 61.0 Å². The summed E-state index contributed by atoms with van der Waals surface area (Å²) in [4.78, 5) is 24.3. The first kappa shape index (κ1) is 22.0. The Labute approximate surface area is 191 Å². The second kappa shape index (κ2) is 8.74. The molecule has 0 aliphatic carbocycles. The maximum absolute atomic E-state index is 12.9. The monoisotopic (exact) mass is 525 g/mol. The molecular formula is C21H17BrClNO6S. The van der Waals surface area contributed by atoms with Crippen molar-refractivity contribution in [2.75, 3.05) is 13.1 Å². The van der Waals surface area contributed by atoms with E-state index in [2.05, 4.69) is 15.9 Å². The van der Waals surface area contributed by atoms with Gasteiger partial charge in [0.05, 0.1) is 10.6 Å². The minimum absolute atomic E-state index is 0.0423. The third-order valence-corrected chi connectivity index (χ3v) is 7.87. The normalized spacial score (nSPS) is 14.8. The molecule has 0 unspecified atom stereocenters. The van der Waals surface area contributed by atoms with Crippen LogP contribution in [-0.4, -0.2) is 31.8 Å². The number of hydrogen-bond acceptors (Lipinski definition) is 6. The van der Waals surface area contributed by atoms with Gasteiger partial charge in [0.1, 0.15) is 17.1 Å². The summed E-state index contributed by atoms with van der Waals surface area (Å²) in [6.45, 7) is 0.666. The summed E-state index contributed by atoms with van der Waals surface area (Å²) in [5.41, 5.74) is 0.323. The quantitative estimate of drug-likeness (QED) is 0.362. The lowest BCUT2D eigenvalue weighted by Gasteiger charge is -2.17. The molecule has 7 nitrogen and oxygen atoms in total. The minimum atomic E-state index is -3.80. The van der Waals surface area contributed by atoms with E-state index in [1.807, 2.05) is 0 Å². The van der Waals surface area contributed by atoms with Crippen LogP contribution in [0.5, 0.6) is 0 Å². The summed E-state index contributed by atoms with van der Waals surface area (Å²) in [5.74, 6) is -0.729. The van der Waals surface area contributed by atoms with Crippen molar-refractivity contribution in [3.8, 4) is 0 Å². The van der Waals surface area contributed by atoms with Crippen LogP contribution in [0.4, 0.5) is 0 Å². The van der Waals surface area contributed by atoms with Gasteiger partial charge in [0.15, 0.2) is 0 Å². The zero-order chi connectivity index (χ0) is 22.2. The molecule has 1 aliphatic heterocycles. The van der Waals surface area contributed by atoms with Gasteiger partial charge in [-0.15, -0.1) is 0 Å². The Morgan fingerprint density at radius 2 is 1.87 bits per heavy atom. The number of fused-ring (bicyclic) bond motifs is 1. The van der Waals surface area contributed by atoms with Crippen molar-refractivity contribution < 1.29 is 22.4 Å². The van der Waals surface area contributed by atoms with Crippen molar-refractivity contribution in [2.24, 2.45) is 0 Å². The lowest BCUT2D eigenvalue weighted by atomic mass is 10.1. The number of rotatable bonds is 5. The zero-order valence-electron chi connectivity index (χ0n) is 16.1. The van der Waals surface area contributed by atoms with Crippen molar-refractivity contribution in [1.82, 2.24) is 4.31 Å². The Hall–Kier alpha value is -2.20. The van der Waals surface area contributed by atoms with Gasteiger partial charge in [-0.1, -0.05) is 27.5 Å². The SMILES string of the molecule is O=C(OCc1cc(=O)oc2cc(Br)ccc12)c1ccc(Cl)c(S(=O)(=O)N2CCCC2)c1. The van der Waals surface area contributed by atoms with Gasteiger partial charge in [0.25, 0.3) is 0 Å². The summed E-state index contributed by atoms with van der Waals surface area (Å²) in [6, 6.07) is 10.4. The van der Waals surface area contributed by atoms with Crippen LogP contribution in [-0.2, 0) is 21.4 Å². The Morgan fingerprint density at radius 1 is 1.13 bits per heavy atom.